The first-order chi connectivity index (χ1) is 11.0. The average Bonchev–Trinajstić information content (AvgIpc) is 3.26. The van der Waals surface area contributed by atoms with E-state index < -0.39 is 5.41 Å². The van der Waals surface area contributed by atoms with Crippen LogP contribution >= 0.6 is 0 Å². The van der Waals surface area contributed by atoms with E-state index in [2.05, 4.69) is 0 Å². The predicted molar refractivity (Wildman–Crippen MR) is 83.2 cm³/mol. The molecule has 1 heterocycles. The Balaban J connectivity index is 1.73. The topological polar surface area (TPSA) is 46.6 Å². The highest BCUT2D eigenvalue weighted by Gasteiger charge is 2.60. The monoisotopic (exact) mass is 319 g/mol. The molecule has 1 saturated heterocycles. The molecule has 0 N–H and O–H groups in total. The SMILES string of the molecule is CCOC(=O)C1(C(=O)N2C[C@H](c3ccc(F)cc3)C[C@@H]2C)CC1. The number of nitrogens with zero attached hydrogens (tertiary/aromatic N) is 1. The molecule has 0 unspecified atom stereocenters. The summed E-state index contributed by atoms with van der Waals surface area (Å²) >= 11 is 0. The molecule has 1 aliphatic carbocycles. The summed E-state index contributed by atoms with van der Waals surface area (Å²) in [5.41, 5.74) is 0.0941. The second kappa shape index (κ2) is 5.95. The Labute approximate surface area is 135 Å². The average molecular weight is 319 g/mol. The van der Waals surface area contributed by atoms with Crippen molar-refractivity contribution in [2.24, 2.45) is 5.41 Å². The Bertz CT molecular complexity index is 609. The molecule has 2 atom stereocenters. The Hall–Kier alpha value is -1.91. The minimum atomic E-state index is -0.943. The first kappa shape index (κ1) is 16.0. The van der Waals surface area contributed by atoms with Crippen molar-refractivity contribution in [3.05, 3.63) is 35.6 Å². The quantitative estimate of drug-likeness (QED) is 0.633. The van der Waals surface area contributed by atoms with Crippen LogP contribution in [0.2, 0.25) is 0 Å². The van der Waals surface area contributed by atoms with Gasteiger partial charge in [-0.15, -0.1) is 0 Å². The molecule has 124 valence electrons. The molecule has 0 bridgehead atoms. The van der Waals surface area contributed by atoms with E-state index >= 15 is 0 Å². The Morgan fingerprint density at radius 2 is 1.96 bits per heavy atom. The minimum Gasteiger partial charge on any atom is -0.465 e. The largest absolute Gasteiger partial charge is 0.465 e. The standard InChI is InChI=1S/C18H22FNO3/c1-3-23-17(22)18(8-9-18)16(21)20-11-14(10-12(20)2)13-4-6-15(19)7-5-13/h4-7,12,14H,3,8-11H2,1-2H3/t12-,14+/m0/s1. The van der Waals surface area contributed by atoms with E-state index in [0.717, 1.165) is 12.0 Å². The van der Waals surface area contributed by atoms with E-state index in [1.54, 1.807) is 24.0 Å². The van der Waals surface area contributed by atoms with E-state index in [1.807, 2.05) is 6.92 Å². The van der Waals surface area contributed by atoms with Gasteiger partial charge in [0.25, 0.3) is 0 Å². The van der Waals surface area contributed by atoms with Crippen LogP contribution in [0.1, 0.15) is 44.6 Å². The van der Waals surface area contributed by atoms with Crippen molar-refractivity contribution in [3.8, 4) is 0 Å². The number of esters is 1. The van der Waals surface area contributed by atoms with E-state index in [9.17, 15) is 14.0 Å². The van der Waals surface area contributed by atoms with E-state index in [-0.39, 0.29) is 29.7 Å². The van der Waals surface area contributed by atoms with Crippen LogP contribution in [0.4, 0.5) is 4.39 Å². The Morgan fingerprint density at radius 3 is 2.52 bits per heavy atom. The first-order valence-corrected chi connectivity index (χ1v) is 8.21. The van der Waals surface area contributed by atoms with Crippen LogP contribution in [-0.2, 0) is 14.3 Å². The smallest absolute Gasteiger partial charge is 0.321 e. The van der Waals surface area contributed by atoms with Crippen LogP contribution < -0.4 is 0 Å². The number of carbonyl (C=O) groups is 2. The van der Waals surface area contributed by atoms with Crippen LogP contribution in [0.3, 0.4) is 0 Å². The van der Waals surface area contributed by atoms with Crippen molar-refractivity contribution < 1.29 is 18.7 Å². The molecular formula is C18H22FNO3. The van der Waals surface area contributed by atoms with Crippen molar-refractivity contribution in [3.63, 3.8) is 0 Å². The molecule has 0 radical (unpaired) electrons. The number of amides is 1. The molecule has 0 spiro atoms. The fourth-order valence-electron chi connectivity index (χ4n) is 3.46. The molecule has 1 aromatic rings. The van der Waals surface area contributed by atoms with Gasteiger partial charge in [0.1, 0.15) is 11.2 Å². The maximum Gasteiger partial charge on any atom is 0.321 e. The van der Waals surface area contributed by atoms with Crippen LogP contribution in [0, 0.1) is 11.2 Å². The third kappa shape index (κ3) is 2.84. The van der Waals surface area contributed by atoms with Gasteiger partial charge < -0.3 is 9.64 Å². The molecule has 2 fully saturated rings. The lowest BCUT2D eigenvalue weighted by Crippen LogP contribution is -2.43. The van der Waals surface area contributed by atoms with Gasteiger partial charge in [-0.2, -0.15) is 0 Å². The van der Waals surface area contributed by atoms with Crippen molar-refractivity contribution in [2.75, 3.05) is 13.2 Å². The summed E-state index contributed by atoms with van der Waals surface area (Å²) in [5.74, 6) is -0.560. The number of hydrogen-bond donors (Lipinski definition) is 0. The highest BCUT2D eigenvalue weighted by Crippen LogP contribution is 2.50. The van der Waals surface area contributed by atoms with Crippen LogP contribution in [0.15, 0.2) is 24.3 Å². The van der Waals surface area contributed by atoms with Gasteiger partial charge in [0.2, 0.25) is 5.91 Å². The zero-order valence-corrected chi connectivity index (χ0v) is 13.5. The van der Waals surface area contributed by atoms with Crippen molar-refractivity contribution in [1.82, 2.24) is 4.90 Å². The minimum absolute atomic E-state index is 0.0736. The second-order valence-electron chi connectivity index (χ2n) is 6.59. The molecule has 4 nitrogen and oxygen atoms in total. The lowest BCUT2D eigenvalue weighted by Gasteiger charge is -2.26. The zero-order valence-electron chi connectivity index (χ0n) is 13.5. The Morgan fingerprint density at radius 1 is 1.30 bits per heavy atom. The van der Waals surface area contributed by atoms with Crippen LogP contribution in [0.25, 0.3) is 0 Å². The predicted octanol–water partition coefficient (Wildman–Crippen LogP) is 2.87. The maximum absolute atomic E-state index is 13.1. The van der Waals surface area contributed by atoms with E-state index in [0.29, 0.717) is 26.0 Å². The lowest BCUT2D eigenvalue weighted by atomic mass is 9.97. The van der Waals surface area contributed by atoms with Gasteiger partial charge in [-0.1, -0.05) is 12.1 Å². The number of benzene rings is 1. The van der Waals surface area contributed by atoms with Gasteiger partial charge in [-0.05, 0) is 50.8 Å². The number of likely N-dealkylation sites (tertiary alicyclic amines) is 1. The van der Waals surface area contributed by atoms with Crippen molar-refractivity contribution >= 4 is 11.9 Å². The van der Waals surface area contributed by atoms with Gasteiger partial charge in [-0.3, -0.25) is 9.59 Å². The molecule has 3 rings (SSSR count). The number of rotatable bonds is 4. The van der Waals surface area contributed by atoms with Crippen molar-refractivity contribution in [2.45, 2.75) is 45.1 Å². The van der Waals surface area contributed by atoms with Gasteiger partial charge in [0.05, 0.1) is 6.61 Å². The van der Waals surface area contributed by atoms with Gasteiger partial charge in [-0.25, -0.2) is 4.39 Å². The molecule has 1 saturated carbocycles. The molecular weight excluding hydrogens is 297 g/mol. The molecule has 0 aromatic heterocycles. The summed E-state index contributed by atoms with van der Waals surface area (Å²) in [6.07, 6.45) is 1.99. The maximum atomic E-state index is 13.1. The summed E-state index contributed by atoms with van der Waals surface area (Å²) in [4.78, 5) is 26.8. The van der Waals surface area contributed by atoms with Gasteiger partial charge >= 0.3 is 5.97 Å². The first-order valence-electron chi connectivity index (χ1n) is 8.21. The third-order valence-corrected chi connectivity index (χ3v) is 5.00. The summed E-state index contributed by atoms with van der Waals surface area (Å²) < 4.78 is 18.1. The van der Waals surface area contributed by atoms with E-state index in [1.165, 1.54) is 12.1 Å². The van der Waals surface area contributed by atoms with Crippen LogP contribution in [0.5, 0.6) is 0 Å². The van der Waals surface area contributed by atoms with Gasteiger partial charge in [0, 0.05) is 18.5 Å². The highest BCUT2D eigenvalue weighted by atomic mass is 19.1. The normalized spacial score (nSPS) is 25.3. The highest BCUT2D eigenvalue weighted by molar-refractivity contribution is 6.05. The van der Waals surface area contributed by atoms with E-state index in [4.69, 9.17) is 4.74 Å². The van der Waals surface area contributed by atoms with Gasteiger partial charge in [0.15, 0.2) is 0 Å². The molecule has 1 amide bonds. The number of hydrogen-bond acceptors (Lipinski definition) is 3. The summed E-state index contributed by atoms with van der Waals surface area (Å²) in [5, 5.41) is 0. The van der Waals surface area contributed by atoms with Crippen molar-refractivity contribution in [1.29, 1.82) is 0 Å². The molecule has 23 heavy (non-hydrogen) atoms. The number of ether oxygens (including phenoxy) is 1. The molecule has 1 aromatic carbocycles. The molecule has 1 aliphatic heterocycles. The number of carbonyl (C=O) groups excluding carboxylic acids is 2. The summed E-state index contributed by atoms with van der Waals surface area (Å²) in [6.45, 7) is 4.62. The molecule has 2 aliphatic rings. The lowest BCUT2D eigenvalue weighted by molar-refractivity contribution is -0.158. The fraction of sp³-hybridized carbons (Fsp3) is 0.556. The third-order valence-electron chi connectivity index (χ3n) is 5.00. The summed E-state index contributed by atoms with van der Waals surface area (Å²) in [6, 6.07) is 6.53. The Kier molecular flexibility index (Phi) is 4.13. The van der Waals surface area contributed by atoms with Crippen LogP contribution in [-0.4, -0.2) is 36.0 Å². The summed E-state index contributed by atoms with van der Waals surface area (Å²) in [7, 11) is 0. The second-order valence-corrected chi connectivity index (χ2v) is 6.59. The zero-order chi connectivity index (χ0) is 16.6. The fourth-order valence-corrected chi connectivity index (χ4v) is 3.46. The molecule has 5 heteroatoms. The number of halogens is 1.